The lowest BCUT2D eigenvalue weighted by molar-refractivity contribution is 0.0697. The number of benzene rings is 1. The van der Waals surface area contributed by atoms with Gasteiger partial charge >= 0.3 is 5.97 Å². The Morgan fingerprint density at radius 1 is 1.38 bits per heavy atom. The zero-order valence-electron chi connectivity index (χ0n) is 12.2. The molecule has 0 atom stereocenters. The first-order valence-electron chi connectivity index (χ1n) is 7.38. The molecule has 21 heavy (non-hydrogen) atoms. The zero-order valence-corrected chi connectivity index (χ0v) is 12.2. The van der Waals surface area contributed by atoms with Gasteiger partial charge in [-0.1, -0.05) is 5.21 Å². The topological polar surface area (TPSA) is 71.2 Å². The summed E-state index contributed by atoms with van der Waals surface area (Å²) in [6, 6.07) is 4.99. The summed E-state index contributed by atoms with van der Waals surface area (Å²) in [7, 11) is 2.17. The van der Waals surface area contributed by atoms with Crippen molar-refractivity contribution < 1.29 is 9.90 Å². The van der Waals surface area contributed by atoms with Gasteiger partial charge in [-0.3, -0.25) is 0 Å². The van der Waals surface area contributed by atoms with Gasteiger partial charge in [-0.25, -0.2) is 9.48 Å². The number of aryl methyl sites for hydroxylation is 1. The largest absolute Gasteiger partial charge is 0.478 e. The molecule has 1 aromatic heterocycles. The molecule has 1 fully saturated rings. The quantitative estimate of drug-likeness (QED) is 0.929. The third-order valence-electron chi connectivity index (χ3n) is 4.35. The molecule has 0 radical (unpaired) electrons. The molecule has 3 rings (SSSR count). The first-order valence-corrected chi connectivity index (χ1v) is 7.38. The van der Waals surface area contributed by atoms with E-state index in [4.69, 9.17) is 5.11 Å². The normalized spacial score (nSPS) is 17.4. The maximum absolute atomic E-state index is 11.0. The highest BCUT2D eigenvalue weighted by atomic mass is 16.4. The van der Waals surface area contributed by atoms with E-state index in [0.29, 0.717) is 5.52 Å². The van der Waals surface area contributed by atoms with Crippen molar-refractivity contribution in [2.24, 2.45) is 5.92 Å². The van der Waals surface area contributed by atoms with Crippen LogP contribution >= 0.6 is 0 Å². The molecule has 2 aromatic rings. The summed E-state index contributed by atoms with van der Waals surface area (Å²) in [5, 5.41) is 17.2. The van der Waals surface area contributed by atoms with E-state index >= 15 is 0 Å². The number of aromatic carboxylic acids is 1. The van der Waals surface area contributed by atoms with Crippen molar-refractivity contribution in [2.75, 3.05) is 20.1 Å². The smallest absolute Gasteiger partial charge is 0.335 e. The van der Waals surface area contributed by atoms with Crippen LogP contribution in [0.15, 0.2) is 18.2 Å². The number of piperidine rings is 1. The molecule has 6 heteroatoms. The zero-order chi connectivity index (χ0) is 14.8. The second-order valence-corrected chi connectivity index (χ2v) is 5.86. The second kappa shape index (κ2) is 5.81. The maximum Gasteiger partial charge on any atom is 0.335 e. The number of rotatable bonds is 4. The van der Waals surface area contributed by atoms with Gasteiger partial charge in [0.05, 0.1) is 11.1 Å². The highest BCUT2D eigenvalue weighted by Crippen LogP contribution is 2.21. The lowest BCUT2D eigenvalue weighted by atomic mass is 9.94. The molecule has 1 N–H and O–H groups in total. The Labute approximate surface area is 123 Å². The standard InChI is InChI=1S/C15H20N4O2/c1-18-7-4-11(5-8-18)6-9-19-14-3-2-12(15(20)21)10-13(14)16-17-19/h2-3,10-11H,4-9H2,1H3,(H,20,21). The minimum atomic E-state index is -0.933. The fourth-order valence-electron chi connectivity index (χ4n) is 2.93. The monoisotopic (exact) mass is 288 g/mol. The van der Waals surface area contributed by atoms with Crippen LogP contribution in [0.2, 0.25) is 0 Å². The Kier molecular flexibility index (Phi) is 3.88. The number of carboxylic acids is 1. The van der Waals surface area contributed by atoms with Crippen molar-refractivity contribution in [3.05, 3.63) is 23.8 Å². The predicted octanol–water partition coefficient (Wildman–Crippen LogP) is 1.86. The van der Waals surface area contributed by atoms with Gasteiger partial charge < -0.3 is 10.0 Å². The van der Waals surface area contributed by atoms with Crippen LogP contribution in [0, 0.1) is 5.92 Å². The number of likely N-dealkylation sites (tertiary alicyclic amines) is 1. The number of carboxylic acid groups (broad SMARTS) is 1. The molecule has 1 aromatic carbocycles. The van der Waals surface area contributed by atoms with Gasteiger partial charge in [-0.2, -0.15) is 0 Å². The first kappa shape index (κ1) is 14.0. The maximum atomic E-state index is 11.0. The van der Waals surface area contributed by atoms with Crippen LogP contribution < -0.4 is 0 Å². The minimum Gasteiger partial charge on any atom is -0.478 e. The number of hydrogen-bond donors (Lipinski definition) is 1. The summed E-state index contributed by atoms with van der Waals surface area (Å²) in [5.74, 6) is -0.184. The van der Waals surface area contributed by atoms with Gasteiger partial charge in [-0.05, 0) is 63.5 Å². The lowest BCUT2D eigenvalue weighted by Gasteiger charge is -2.28. The summed E-state index contributed by atoms with van der Waals surface area (Å²) in [4.78, 5) is 13.3. The number of fused-ring (bicyclic) bond motifs is 1. The molecule has 0 unspecified atom stereocenters. The molecule has 0 amide bonds. The van der Waals surface area contributed by atoms with Crippen LogP contribution in [0.1, 0.15) is 29.6 Å². The van der Waals surface area contributed by atoms with E-state index < -0.39 is 5.97 Å². The number of carbonyl (C=O) groups is 1. The van der Waals surface area contributed by atoms with Gasteiger partial charge in [0.25, 0.3) is 0 Å². The van der Waals surface area contributed by atoms with Crippen LogP contribution in [0.25, 0.3) is 11.0 Å². The van der Waals surface area contributed by atoms with Crippen LogP contribution in [-0.4, -0.2) is 51.1 Å². The third kappa shape index (κ3) is 3.05. The average Bonchev–Trinajstić information content (AvgIpc) is 2.89. The minimum absolute atomic E-state index is 0.255. The Morgan fingerprint density at radius 2 is 2.14 bits per heavy atom. The third-order valence-corrected chi connectivity index (χ3v) is 4.35. The Hall–Kier alpha value is -1.95. The number of aromatic nitrogens is 3. The van der Waals surface area contributed by atoms with Crippen LogP contribution in [0.3, 0.4) is 0 Å². The molecule has 6 nitrogen and oxygen atoms in total. The van der Waals surface area contributed by atoms with Crippen LogP contribution in [-0.2, 0) is 6.54 Å². The number of nitrogens with zero attached hydrogens (tertiary/aromatic N) is 4. The first-order chi connectivity index (χ1) is 10.1. The van der Waals surface area contributed by atoms with Crippen LogP contribution in [0.5, 0.6) is 0 Å². The molecule has 0 saturated carbocycles. The van der Waals surface area contributed by atoms with Crippen molar-refractivity contribution in [3.63, 3.8) is 0 Å². The van der Waals surface area contributed by atoms with E-state index in [1.807, 2.05) is 4.68 Å². The summed E-state index contributed by atoms with van der Waals surface area (Å²) in [5.41, 5.74) is 1.82. The molecule has 1 aliphatic rings. The fraction of sp³-hybridized carbons (Fsp3) is 0.533. The van der Waals surface area contributed by atoms with Crippen molar-refractivity contribution in [1.82, 2.24) is 19.9 Å². The van der Waals surface area contributed by atoms with E-state index in [-0.39, 0.29) is 5.56 Å². The highest BCUT2D eigenvalue weighted by molar-refractivity contribution is 5.92. The van der Waals surface area contributed by atoms with Gasteiger partial charge in [0.2, 0.25) is 0 Å². The van der Waals surface area contributed by atoms with Gasteiger partial charge in [0, 0.05) is 6.54 Å². The van der Waals surface area contributed by atoms with Crippen LogP contribution in [0.4, 0.5) is 0 Å². The van der Waals surface area contributed by atoms with E-state index in [2.05, 4.69) is 22.3 Å². The Balaban J connectivity index is 1.68. The average molecular weight is 288 g/mol. The summed E-state index contributed by atoms with van der Waals surface area (Å²) in [6.45, 7) is 3.19. The molecule has 2 heterocycles. The van der Waals surface area contributed by atoms with Gasteiger partial charge in [-0.15, -0.1) is 5.10 Å². The second-order valence-electron chi connectivity index (χ2n) is 5.86. The SMILES string of the molecule is CN1CCC(CCn2nnc3cc(C(=O)O)ccc32)CC1. The fourth-order valence-corrected chi connectivity index (χ4v) is 2.93. The highest BCUT2D eigenvalue weighted by Gasteiger charge is 2.17. The van der Waals surface area contributed by atoms with E-state index in [1.54, 1.807) is 18.2 Å². The van der Waals surface area contributed by atoms with E-state index in [9.17, 15) is 4.79 Å². The Bertz CT molecular complexity index is 644. The van der Waals surface area contributed by atoms with Crippen molar-refractivity contribution in [2.45, 2.75) is 25.8 Å². The van der Waals surface area contributed by atoms with Crippen molar-refractivity contribution in [1.29, 1.82) is 0 Å². The van der Waals surface area contributed by atoms with E-state index in [0.717, 1.165) is 24.4 Å². The molecule has 0 aliphatic carbocycles. The molecular weight excluding hydrogens is 268 g/mol. The summed E-state index contributed by atoms with van der Waals surface area (Å²) in [6.07, 6.45) is 3.59. The Morgan fingerprint density at radius 3 is 2.86 bits per heavy atom. The van der Waals surface area contributed by atoms with Crippen molar-refractivity contribution in [3.8, 4) is 0 Å². The molecule has 1 aliphatic heterocycles. The van der Waals surface area contributed by atoms with Crippen molar-refractivity contribution >= 4 is 17.0 Å². The molecule has 0 bridgehead atoms. The predicted molar refractivity (Wildman–Crippen MR) is 79.3 cm³/mol. The molecule has 0 spiro atoms. The molecular formula is C15H20N4O2. The van der Waals surface area contributed by atoms with E-state index in [1.165, 1.54) is 25.9 Å². The van der Waals surface area contributed by atoms with Gasteiger partial charge in [0.1, 0.15) is 5.52 Å². The number of hydrogen-bond acceptors (Lipinski definition) is 4. The summed E-state index contributed by atoms with van der Waals surface area (Å²) >= 11 is 0. The summed E-state index contributed by atoms with van der Waals surface area (Å²) < 4.78 is 1.89. The van der Waals surface area contributed by atoms with Gasteiger partial charge in [0.15, 0.2) is 0 Å². The lowest BCUT2D eigenvalue weighted by Crippen LogP contribution is -2.30. The molecule has 1 saturated heterocycles. The molecule has 112 valence electrons.